The van der Waals surface area contributed by atoms with E-state index in [0.717, 1.165) is 0 Å². The maximum atomic E-state index is 4.50. The van der Waals surface area contributed by atoms with Gasteiger partial charge in [-0.15, -0.1) is 13.2 Å². The molecule has 1 aromatic rings. The van der Waals surface area contributed by atoms with Crippen molar-refractivity contribution in [3.05, 3.63) is 54.1 Å². The van der Waals surface area contributed by atoms with Crippen LogP contribution in [0.25, 0.3) is 6.08 Å². The van der Waals surface area contributed by atoms with E-state index in [1.807, 2.05) is 20.8 Å². The number of rotatable bonds is 1. The topological polar surface area (TPSA) is 26.0 Å². The molecule has 0 aliphatic heterocycles. The fourth-order valence-electron chi connectivity index (χ4n) is 1.26. The summed E-state index contributed by atoms with van der Waals surface area (Å²) < 4.78 is 0. The van der Waals surface area contributed by atoms with Crippen molar-refractivity contribution in [3.8, 4) is 0 Å². The molecule has 0 atom stereocenters. The molecule has 0 heterocycles. The molecular weight excluding hydrogens is 206 g/mol. The summed E-state index contributed by atoms with van der Waals surface area (Å²) in [4.78, 5) is 0. The second-order valence-electron chi connectivity index (χ2n) is 2.81. The third kappa shape index (κ3) is 9.58. The molecular formula is C16H29N. The third-order valence-electron chi connectivity index (χ3n) is 1.88. The molecule has 1 heteroatoms. The molecule has 1 rings (SSSR count). The normalized spacial score (nSPS) is 7.94. The van der Waals surface area contributed by atoms with Gasteiger partial charge in [0.25, 0.3) is 0 Å². The van der Waals surface area contributed by atoms with Crippen LogP contribution in [0.5, 0.6) is 0 Å². The highest BCUT2D eigenvalue weighted by molar-refractivity contribution is 5.57. The first kappa shape index (κ1) is 21.0. The van der Waals surface area contributed by atoms with Crippen molar-refractivity contribution in [3.63, 3.8) is 0 Å². The number of benzene rings is 1. The predicted octanol–water partition coefficient (Wildman–Crippen LogP) is 4.74. The molecule has 2 N–H and O–H groups in total. The average Bonchev–Trinajstić information content (AvgIpc) is 2.41. The van der Waals surface area contributed by atoms with E-state index in [2.05, 4.69) is 63.1 Å². The average molecular weight is 235 g/mol. The molecule has 0 unspecified atom stereocenters. The lowest BCUT2D eigenvalue weighted by molar-refractivity contribution is 1.35. The Hall–Kier alpha value is -1.34. The van der Waals surface area contributed by atoms with Crippen LogP contribution < -0.4 is 5.73 Å². The molecule has 0 fully saturated rings. The lowest BCUT2D eigenvalue weighted by Gasteiger charge is -2.02. The molecule has 98 valence electrons. The summed E-state index contributed by atoms with van der Waals surface area (Å²) in [6.07, 6.45) is 4.24. The quantitative estimate of drug-likeness (QED) is 0.699. The van der Waals surface area contributed by atoms with Crippen LogP contribution in [0.1, 0.15) is 37.5 Å². The summed E-state index contributed by atoms with van der Waals surface area (Å²) in [7, 11) is 1.50. The van der Waals surface area contributed by atoms with Gasteiger partial charge in [0, 0.05) is 0 Å². The zero-order valence-electron chi connectivity index (χ0n) is 12.4. The van der Waals surface area contributed by atoms with E-state index in [0.29, 0.717) is 0 Å². The van der Waals surface area contributed by atoms with E-state index in [-0.39, 0.29) is 0 Å². The molecule has 0 aliphatic carbocycles. The minimum absolute atomic E-state index is 1.35. The zero-order valence-corrected chi connectivity index (χ0v) is 12.4. The Labute approximate surface area is 108 Å². The number of hydrogen-bond donors (Lipinski definition) is 1. The van der Waals surface area contributed by atoms with Gasteiger partial charge in [0.15, 0.2) is 0 Å². The van der Waals surface area contributed by atoms with Gasteiger partial charge in [0.1, 0.15) is 0 Å². The lowest BCUT2D eigenvalue weighted by atomic mass is 10.0. The number of allylic oxidation sites excluding steroid dienone is 1. The van der Waals surface area contributed by atoms with Gasteiger partial charge in [-0.05, 0) is 44.5 Å². The molecule has 0 saturated carbocycles. The Morgan fingerprint density at radius 1 is 1.00 bits per heavy atom. The van der Waals surface area contributed by atoms with Crippen molar-refractivity contribution in [2.24, 2.45) is 5.73 Å². The molecule has 1 aromatic carbocycles. The van der Waals surface area contributed by atoms with E-state index >= 15 is 0 Å². The summed E-state index contributed by atoms with van der Waals surface area (Å²) in [6, 6.07) is 6.38. The first-order valence-corrected chi connectivity index (χ1v) is 6.02. The number of nitrogens with two attached hydrogens (primary N) is 1. The van der Waals surface area contributed by atoms with Gasteiger partial charge in [0.2, 0.25) is 0 Å². The molecule has 0 aromatic heterocycles. The van der Waals surface area contributed by atoms with Crippen LogP contribution in [0.4, 0.5) is 0 Å². The highest BCUT2D eigenvalue weighted by Gasteiger charge is 1.95. The first-order valence-electron chi connectivity index (χ1n) is 6.02. The van der Waals surface area contributed by atoms with Crippen LogP contribution in [-0.2, 0) is 0 Å². The van der Waals surface area contributed by atoms with Gasteiger partial charge in [-0.2, -0.15) is 0 Å². The van der Waals surface area contributed by atoms with Crippen molar-refractivity contribution in [2.75, 3.05) is 7.05 Å². The van der Waals surface area contributed by atoms with Crippen LogP contribution in [0, 0.1) is 13.8 Å². The highest BCUT2D eigenvalue weighted by Crippen LogP contribution is 2.14. The summed E-state index contributed by atoms with van der Waals surface area (Å²) in [5.41, 5.74) is 8.56. The Morgan fingerprint density at radius 3 is 1.65 bits per heavy atom. The standard InChI is InChI=1S/C11H14.C2H6.C2H4.CH5N/c1-4-6-11-9(2)7-5-8-10(11)3;3*1-2/h4-8H,1-3H3;1-2H3;1-2H2;2H2,1H3/b6-4-;;;. The fraction of sp³-hybridized carbons (Fsp3) is 0.375. The maximum Gasteiger partial charge on any atom is -0.0195 e. The molecule has 0 amide bonds. The third-order valence-corrected chi connectivity index (χ3v) is 1.88. The van der Waals surface area contributed by atoms with Crippen molar-refractivity contribution < 1.29 is 0 Å². The largest absolute Gasteiger partial charge is 0.333 e. The zero-order chi connectivity index (χ0) is 14.3. The van der Waals surface area contributed by atoms with Crippen molar-refractivity contribution in [1.82, 2.24) is 0 Å². The lowest BCUT2D eigenvalue weighted by Crippen LogP contribution is -1.83. The van der Waals surface area contributed by atoms with Crippen molar-refractivity contribution in [2.45, 2.75) is 34.6 Å². The van der Waals surface area contributed by atoms with Crippen LogP contribution in [0.2, 0.25) is 0 Å². The Bertz CT molecular complexity index is 267. The van der Waals surface area contributed by atoms with Crippen molar-refractivity contribution in [1.29, 1.82) is 0 Å². The minimum atomic E-state index is 1.35. The number of aryl methyl sites for hydroxylation is 2. The molecule has 0 bridgehead atoms. The highest BCUT2D eigenvalue weighted by atomic mass is 14.4. The van der Waals surface area contributed by atoms with Crippen LogP contribution in [0.3, 0.4) is 0 Å². The van der Waals surface area contributed by atoms with Gasteiger partial charge in [0.05, 0.1) is 0 Å². The summed E-state index contributed by atoms with van der Waals surface area (Å²) in [5.74, 6) is 0. The van der Waals surface area contributed by atoms with Crippen molar-refractivity contribution >= 4 is 6.08 Å². The Kier molecular flexibility index (Phi) is 21.1. The predicted molar refractivity (Wildman–Crippen MR) is 83.3 cm³/mol. The van der Waals surface area contributed by atoms with E-state index in [4.69, 9.17) is 0 Å². The Balaban J connectivity index is -0.000000285. The molecule has 0 spiro atoms. The second kappa shape index (κ2) is 17.1. The van der Waals surface area contributed by atoms with Gasteiger partial charge < -0.3 is 5.73 Å². The molecule has 0 radical (unpaired) electrons. The Morgan fingerprint density at radius 2 is 1.35 bits per heavy atom. The molecule has 0 aliphatic rings. The van der Waals surface area contributed by atoms with E-state index in [1.165, 1.54) is 23.7 Å². The van der Waals surface area contributed by atoms with E-state index < -0.39 is 0 Å². The van der Waals surface area contributed by atoms with E-state index in [1.54, 1.807) is 0 Å². The van der Waals surface area contributed by atoms with Gasteiger partial charge >= 0.3 is 0 Å². The smallest absolute Gasteiger partial charge is 0.0195 e. The van der Waals surface area contributed by atoms with Gasteiger partial charge in [-0.1, -0.05) is 44.2 Å². The summed E-state index contributed by atoms with van der Waals surface area (Å²) in [5, 5.41) is 0. The molecule has 17 heavy (non-hydrogen) atoms. The molecule has 0 saturated heterocycles. The maximum absolute atomic E-state index is 4.50. The summed E-state index contributed by atoms with van der Waals surface area (Å²) in [6.45, 7) is 16.3. The number of hydrogen-bond acceptors (Lipinski definition) is 1. The minimum Gasteiger partial charge on any atom is -0.333 e. The van der Waals surface area contributed by atoms with Gasteiger partial charge in [-0.25, -0.2) is 0 Å². The second-order valence-corrected chi connectivity index (χ2v) is 2.81. The SMILES string of the molecule is C/C=C\c1c(C)cccc1C.C=C.CC.CN. The van der Waals surface area contributed by atoms with Crippen LogP contribution in [0.15, 0.2) is 37.4 Å². The van der Waals surface area contributed by atoms with Gasteiger partial charge in [-0.3, -0.25) is 0 Å². The van der Waals surface area contributed by atoms with E-state index in [9.17, 15) is 0 Å². The monoisotopic (exact) mass is 235 g/mol. The van der Waals surface area contributed by atoms with Crippen LogP contribution in [-0.4, -0.2) is 7.05 Å². The summed E-state index contributed by atoms with van der Waals surface area (Å²) >= 11 is 0. The molecule has 1 nitrogen and oxygen atoms in total. The van der Waals surface area contributed by atoms with Crippen LogP contribution >= 0.6 is 0 Å². The first-order chi connectivity index (χ1) is 8.25. The fourth-order valence-corrected chi connectivity index (χ4v) is 1.26.